The van der Waals surface area contributed by atoms with Crippen molar-refractivity contribution in [2.75, 3.05) is 26.7 Å². The molecule has 2 fully saturated rings. The van der Waals surface area contributed by atoms with Gasteiger partial charge in [0.15, 0.2) is 0 Å². The van der Waals surface area contributed by atoms with Crippen molar-refractivity contribution in [3.63, 3.8) is 0 Å². The Bertz CT molecular complexity index is 766. The van der Waals surface area contributed by atoms with E-state index >= 15 is 0 Å². The van der Waals surface area contributed by atoms with Gasteiger partial charge in [-0.2, -0.15) is 0 Å². The highest BCUT2D eigenvalue weighted by Gasteiger charge is 2.46. The van der Waals surface area contributed by atoms with E-state index in [0.717, 1.165) is 43.8 Å². The molecule has 0 bridgehead atoms. The standard InChI is InChI=1S/C23H28N2O2.ClH/c1-24-14-18-11-12-25(15-18)23(26)22-13-21(22)19-7-9-20(10-8-19)27-16-17-5-3-2-4-6-17;/h2-10,18,21-22,24H,11-16H2,1H3;1H. The highest BCUT2D eigenvalue weighted by Crippen LogP contribution is 2.49. The second-order valence-corrected chi connectivity index (χ2v) is 7.79. The van der Waals surface area contributed by atoms with Crippen LogP contribution in [-0.4, -0.2) is 37.5 Å². The Kier molecular flexibility index (Phi) is 6.97. The average molecular weight is 401 g/mol. The first kappa shape index (κ1) is 20.7. The number of benzene rings is 2. The van der Waals surface area contributed by atoms with E-state index in [2.05, 4.69) is 34.5 Å². The van der Waals surface area contributed by atoms with Crippen LogP contribution in [-0.2, 0) is 11.4 Å². The van der Waals surface area contributed by atoms with Gasteiger partial charge in [-0.25, -0.2) is 0 Å². The van der Waals surface area contributed by atoms with E-state index in [4.69, 9.17) is 4.74 Å². The molecule has 2 aliphatic rings. The first-order valence-electron chi connectivity index (χ1n) is 9.94. The van der Waals surface area contributed by atoms with Crippen molar-refractivity contribution in [2.24, 2.45) is 11.8 Å². The summed E-state index contributed by atoms with van der Waals surface area (Å²) in [5.74, 6) is 2.39. The lowest BCUT2D eigenvalue weighted by molar-refractivity contribution is -0.131. The van der Waals surface area contributed by atoms with E-state index in [1.807, 2.05) is 37.4 Å². The van der Waals surface area contributed by atoms with Crippen molar-refractivity contribution in [2.45, 2.75) is 25.4 Å². The van der Waals surface area contributed by atoms with E-state index in [1.165, 1.54) is 5.56 Å². The molecular weight excluding hydrogens is 372 g/mol. The van der Waals surface area contributed by atoms with Gasteiger partial charge in [0.1, 0.15) is 12.4 Å². The molecule has 2 aromatic carbocycles. The zero-order valence-electron chi connectivity index (χ0n) is 16.3. The van der Waals surface area contributed by atoms with Crippen molar-refractivity contribution in [3.8, 4) is 5.75 Å². The van der Waals surface area contributed by atoms with Gasteiger partial charge in [-0.15, -0.1) is 12.4 Å². The Labute approximate surface area is 173 Å². The van der Waals surface area contributed by atoms with Crippen molar-refractivity contribution >= 4 is 18.3 Å². The molecule has 3 unspecified atom stereocenters. The summed E-state index contributed by atoms with van der Waals surface area (Å²) in [6.07, 6.45) is 2.10. The van der Waals surface area contributed by atoms with E-state index in [1.54, 1.807) is 0 Å². The van der Waals surface area contributed by atoms with Gasteiger partial charge in [-0.1, -0.05) is 42.5 Å². The Morgan fingerprint density at radius 3 is 2.61 bits per heavy atom. The van der Waals surface area contributed by atoms with Crippen molar-refractivity contribution in [3.05, 3.63) is 65.7 Å². The molecule has 2 aromatic rings. The first-order chi connectivity index (χ1) is 13.2. The Balaban J connectivity index is 0.00000225. The highest BCUT2D eigenvalue weighted by molar-refractivity contribution is 5.85. The Morgan fingerprint density at radius 1 is 1.14 bits per heavy atom. The average Bonchev–Trinajstić information content (AvgIpc) is 3.38. The van der Waals surface area contributed by atoms with Gasteiger partial charge in [0, 0.05) is 19.0 Å². The molecular formula is C23H29ClN2O2. The number of carbonyl (C=O) groups is 1. The number of carbonyl (C=O) groups excluding carboxylic acids is 1. The first-order valence-corrected chi connectivity index (χ1v) is 9.94. The molecule has 0 radical (unpaired) electrons. The number of rotatable bonds is 7. The van der Waals surface area contributed by atoms with E-state index < -0.39 is 0 Å². The predicted molar refractivity (Wildman–Crippen MR) is 114 cm³/mol. The van der Waals surface area contributed by atoms with Crippen molar-refractivity contribution < 1.29 is 9.53 Å². The summed E-state index contributed by atoms with van der Waals surface area (Å²) >= 11 is 0. The van der Waals surface area contributed by atoms with Gasteiger partial charge in [0.25, 0.3) is 0 Å². The molecule has 1 aliphatic heterocycles. The lowest BCUT2D eigenvalue weighted by Crippen LogP contribution is -2.31. The van der Waals surface area contributed by atoms with Crippen LogP contribution in [0.4, 0.5) is 0 Å². The van der Waals surface area contributed by atoms with E-state index in [0.29, 0.717) is 24.3 Å². The number of hydrogen-bond acceptors (Lipinski definition) is 3. The van der Waals surface area contributed by atoms with E-state index in [-0.39, 0.29) is 18.3 Å². The smallest absolute Gasteiger partial charge is 0.226 e. The quantitative estimate of drug-likeness (QED) is 0.767. The number of ether oxygens (including phenoxy) is 1. The summed E-state index contributed by atoms with van der Waals surface area (Å²) in [5.41, 5.74) is 2.42. The molecule has 1 N–H and O–H groups in total. The van der Waals surface area contributed by atoms with E-state index in [9.17, 15) is 4.79 Å². The molecule has 150 valence electrons. The molecule has 3 atom stereocenters. The zero-order valence-corrected chi connectivity index (χ0v) is 17.2. The van der Waals surface area contributed by atoms with Gasteiger partial charge in [-0.3, -0.25) is 4.79 Å². The third-order valence-corrected chi connectivity index (χ3v) is 5.75. The molecule has 0 spiro atoms. The summed E-state index contributed by atoms with van der Waals surface area (Å²) < 4.78 is 5.86. The minimum atomic E-state index is 0. The highest BCUT2D eigenvalue weighted by atomic mass is 35.5. The Morgan fingerprint density at radius 2 is 1.89 bits per heavy atom. The summed E-state index contributed by atoms with van der Waals surface area (Å²) in [6, 6.07) is 18.5. The van der Waals surface area contributed by atoms with Gasteiger partial charge in [0.05, 0.1) is 0 Å². The molecule has 0 aromatic heterocycles. The second-order valence-electron chi connectivity index (χ2n) is 7.79. The molecule has 1 heterocycles. The number of nitrogens with zero attached hydrogens (tertiary/aromatic N) is 1. The van der Waals surface area contributed by atoms with Gasteiger partial charge in [0.2, 0.25) is 5.91 Å². The number of hydrogen-bond donors (Lipinski definition) is 1. The maximum Gasteiger partial charge on any atom is 0.226 e. The molecule has 5 heteroatoms. The number of likely N-dealkylation sites (tertiary alicyclic amines) is 1. The third-order valence-electron chi connectivity index (χ3n) is 5.75. The lowest BCUT2D eigenvalue weighted by Gasteiger charge is -2.16. The zero-order chi connectivity index (χ0) is 18.6. The molecule has 28 heavy (non-hydrogen) atoms. The topological polar surface area (TPSA) is 41.6 Å². The van der Waals surface area contributed by atoms with Crippen molar-refractivity contribution in [1.82, 2.24) is 10.2 Å². The largest absolute Gasteiger partial charge is 0.489 e. The van der Waals surface area contributed by atoms with Crippen LogP contribution in [0, 0.1) is 11.8 Å². The number of halogens is 1. The minimum Gasteiger partial charge on any atom is -0.489 e. The van der Waals surface area contributed by atoms with Gasteiger partial charge >= 0.3 is 0 Å². The second kappa shape index (κ2) is 9.44. The molecule has 4 nitrogen and oxygen atoms in total. The molecule has 1 amide bonds. The number of nitrogens with one attached hydrogen (secondary N) is 1. The lowest BCUT2D eigenvalue weighted by atomic mass is 10.1. The van der Waals surface area contributed by atoms with Crippen LogP contribution < -0.4 is 10.1 Å². The predicted octanol–water partition coefficient (Wildman–Crippen LogP) is 3.86. The fourth-order valence-electron chi connectivity index (χ4n) is 4.11. The fraction of sp³-hybridized carbons (Fsp3) is 0.435. The van der Waals surface area contributed by atoms with Crippen LogP contribution >= 0.6 is 12.4 Å². The van der Waals surface area contributed by atoms with Crippen LogP contribution in [0.3, 0.4) is 0 Å². The maximum atomic E-state index is 12.7. The summed E-state index contributed by atoms with van der Waals surface area (Å²) in [7, 11) is 1.98. The van der Waals surface area contributed by atoms with Gasteiger partial charge < -0.3 is 15.0 Å². The molecule has 4 rings (SSSR count). The summed E-state index contributed by atoms with van der Waals surface area (Å²) in [6.45, 7) is 3.41. The van der Waals surface area contributed by atoms with Gasteiger partial charge in [-0.05, 0) is 61.5 Å². The molecule has 1 aliphatic carbocycles. The minimum absolute atomic E-state index is 0. The van der Waals surface area contributed by atoms with Crippen molar-refractivity contribution in [1.29, 1.82) is 0 Å². The Hall–Kier alpha value is -2.04. The SMILES string of the molecule is CNCC1CCN(C(=O)C2CC2c2ccc(OCc3ccccc3)cc2)C1.Cl. The summed E-state index contributed by atoms with van der Waals surface area (Å²) in [4.78, 5) is 14.8. The summed E-state index contributed by atoms with van der Waals surface area (Å²) in [5, 5.41) is 3.22. The monoisotopic (exact) mass is 400 g/mol. The fourth-order valence-corrected chi connectivity index (χ4v) is 4.11. The van der Waals surface area contributed by atoms with Crippen LogP contribution in [0.5, 0.6) is 5.75 Å². The molecule has 1 saturated carbocycles. The van der Waals surface area contributed by atoms with Crippen LogP contribution in [0.15, 0.2) is 54.6 Å². The third kappa shape index (κ3) is 4.86. The van der Waals surface area contributed by atoms with Crippen LogP contribution in [0.25, 0.3) is 0 Å². The van der Waals surface area contributed by atoms with Crippen LogP contribution in [0.2, 0.25) is 0 Å². The van der Waals surface area contributed by atoms with Crippen LogP contribution in [0.1, 0.15) is 29.9 Å². The number of amides is 1. The molecule has 1 saturated heterocycles. The normalized spacial score (nSPS) is 23.2. The maximum absolute atomic E-state index is 12.7.